The van der Waals surface area contributed by atoms with Gasteiger partial charge in [-0.25, -0.2) is 0 Å². The summed E-state index contributed by atoms with van der Waals surface area (Å²) < 4.78 is 6.45. The zero-order chi connectivity index (χ0) is 13.2. The number of ether oxygens (including phenoxy) is 1. The Kier molecular flexibility index (Phi) is 4.13. The van der Waals surface area contributed by atoms with Crippen LogP contribution >= 0.6 is 15.9 Å². The first kappa shape index (κ1) is 13.4. The lowest BCUT2D eigenvalue weighted by Crippen LogP contribution is -2.25. The van der Waals surface area contributed by atoms with E-state index in [1.165, 1.54) is 37.8 Å². The van der Waals surface area contributed by atoms with E-state index in [0.717, 1.165) is 34.5 Å². The van der Waals surface area contributed by atoms with Crippen molar-refractivity contribution in [3.8, 4) is 5.75 Å². The fraction of sp³-hybridized carbons (Fsp3) is 0.625. The van der Waals surface area contributed by atoms with Crippen LogP contribution in [0.2, 0.25) is 0 Å². The number of rotatable bonds is 7. The number of nitrogens with one attached hydrogen (secondary N) is 1. The minimum atomic E-state index is 0.924. The van der Waals surface area contributed by atoms with Gasteiger partial charge >= 0.3 is 0 Å². The molecular formula is C16H22BrNO. The molecule has 104 valence electrons. The van der Waals surface area contributed by atoms with Gasteiger partial charge in [-0.15, -0.1) is 0 Å². The largest absolute Gasteiger partial charge is 0.497 e. The highest BCUT2D eigenvalue weighted by Crippen LogP contribution is 2.48. The molecule has 2 aliphatic rings. The summed E-state index contributed by atoms with van der Waals surface area (Å²) >= 11 is 3.61. The van der Waals surface area contributed by atoms with E-state index >= 15 is 0 Å². The molecule has 0 saturated heterocycles. The van der Waals surface area contributed by atoms with Gasteiger partial charge in [0.2, 0.25) is 0 Å². The van der Waals surface area contributed by atoms with Gasteiger partial charge in [0.1, 0.15) is 5.75 Å². The van der Waals surface area contributed by atoms with Gasteiger partial charge in [0.05, 0.1) is 7.11 Å². The van der Waals surface area contributed by atoms with Crippen molar-refractivity contribution in [3.05, 3.63) is 28.2 Å². The smallest absolute Gasteiger partial charge is 0.119 e. The number of benzene rings is 1. The summed E-state index contributed by atoms with van der Waals surface area (Å²) in [5.74, 6) is 3.91. The Morgan fingerprint density at radius 3 is 2.53 bits per heavy atom. The molecule has 2 saturated carbocycles. The highest BCUT2D eigenvalue weighted by Gasteiger charge is 2.40. The van der Waals surface area contributed by atoms with Crippen LogP contribution in [0.1, 0.15) is 31.2 Å². The Morgan fingerprint density at radius 2 is 1.95 bits per heavy atom. The third kappa shape index (κ3) is 3.51. The van der Waals surface area contributed by atoms with E-state index in [4.69, 9.17) is 4.74 Å². The standard InChI is InChI=1S/C16H22BrNO/c1-19-14-6-7-16(17)13(8-14)9-18-10-15(11-2-3-11)12-4-5-12/h6-8,11-12,15,18H,2-5,9-10H2,1H3. The van der Waals surface area contributed by atoms with Crippen molar-refractivity contribution in [2.24, 2.45) is 17.8 Å². The second-order valence-corrected chi connectivity index (χ2v) is 6.78. The summed E-state index contributed by atoms with van der Waals surface area (Å²) in [6, 6.07) is 6.17. The fourth-order valence-corrected chi connectivity index (χ4v) is 3.34. The summed E-state index contributed by atoms with van der Waals surface area (Å²) in [7, 11) is 1.72. The third-order valence-electron chi connectivity index (χ3n) is 4.40. The monoisotopic (exact) mass is 323 g/mol. The molecule has 2 nitrogen and oxygen atoms in total. The predicted molar refractivity (Wildman–Crippen MR) is 81.3 cm³/mol. The van der Waals surface area contributed by atoms with E-state index in [0.29, 0.717) is 0 Å². The van der Waals surface area contributed by atoms with Crippen LogP contribution in [-0.4, -0.2) is 13.7 Å². The Labute approximate surface area is 124 Å². The zero-order valence-corrected chi connectivity index (χ0v) is 13.1. The maximum Gasteiger partial charge on any atom is 0.119 e. The Bertz CT molecular complexity index is 428. The van der Waals surface area contributed by atoms with Gasteiger partial charge < -0.3 is 10.1 Å². The SMILES string of the molecule is COc1ccc(Br)c(CNCC(C2CC2)C2CC2)c1. The molecule has 0 aliphatic heterocycles. The van der Waals surface area contributed by atoms with E-state index in [1.807, 2.05) is 6.07 Å². The van der Waals surface area contributed by atoms with Crippen LogP contribution in [0, 0.1) is 17.8 Å². The van der Waals surface area contributed by atoms with Crippen LogP contribution in [0.4, 0.5) is 0 Å². The van der Waals surface area contributed by atoms with E-state index < -0.39 is 0 Å². The van der Waals surface area contributed by atoms with Crippen LogP contribution < -0.4 is 10.1 Å². The quantitative estimate of drug-likeness (QED) is 0.819. The van der Waals surface area contributed by atoms with Crippen LogP contribution in [0.15, 0.2) is 22.7 Å². The van der Waals surface area contributed by atoms with Gasteiger partial charge in [0.25, 0.3) is 0 Å². The average Bonchev–Trinajstić information content (AvgIpc) is 3.28. The van der Waals surface area contributed by atoms with Crippen LogP contribution in [0.5, 0.6) is 5.75 Å². The topological polar surface area (TPSA) is 21.3 Å². The van der Waals surface area contributed by atoms with Crippen molar-refractivity contribution < 1.29 is 4.74 Å². The summed E-state index contributed by atoms with van der Waals surface area (Å²) in [5, 5.41) is 3.65. The first-order chi connectivity index (χ1) is 9.28. The molecule has 0 amide bonds. The van der Waals surface area contributed by atoms with Crippen molar-refractivity contribution in [1.29, 1.82) is 0 Å². The average molecular weight is 324 g/mol. The molecule has 3 rings (SSSR count). The maximum atomic E-state index is 5.29. The van der Waals surface area contributed by atoms with Crippen molar-refractivity contribution in [2.75, 3.05) is 13.7 Å². The highest BCUT2D eigenvalue weighted by molar-refractivity contribution is 9.10. The minimum absolute atomic E-state index is 0.924. The van der Waals surface area contributed by atoms with E-state index in [9.17, 15) is 0 Å². The first-order valence-corrected chi connectivity index (χ1v) is 8.10. The first-order valence-electron chi connectivity index (χ1n) is 7.31. The van der Waals surface area contributed by atoms with Gasteiger partial charge in [-0.1, -0.05) is 15.9 Å². The molecule has 19 heavy (non-hydrogen) atoms. The molecule has 3 heteroatoms. The molecule has 0 unspecified atom stereocenters. The molecule has 0 heterocycles. The lowest BCUT2D eigenvalue weighted by atomic mass is 9.98. The molecular weight excluding hydrogens is 302 g/mol. The van der Waals surface area contributed by atoms with Gasteiger partial charge in [-0.2, -0.15) is 0 Å². The lowest BCUT2D eigenvalue weighted by molar-refractivity contribution is 0.378. The molecule has 1 N–H and O–H groups in total. The van der Waals surface area contributed by atoms with Crippen LogP contribution in [0.3, 0.4) is 0 Å². The summed E-state index contributed by atoms with van der Waals surface area (Å²) in [6.07, 6.45) is 5.86. The Hall–Kier alpha value is -0.540. The fourth-order valence-electron chi connectivity index (χ4n) is 2.95. The third-order valence-corrected chi connectivity index (χ3v) is 5.18. The van der Waals surface area contributed by atoms with Gasteiger partial charge in [-0.3, -0.25) is 0 Å². The van der Waals surface area contributed by atoms with E-state index in [2.05, 4.69) is 33.4 Å². The van der Waals surface area contributed by atoms with E-state index in [1.54, 1.807) is 7.11 Å². The van der Waals surface area contributed by atoms with Gasteiger partial charge in [-0.05, 0) is 73.7 Å². The number of methoxy groups -OCH3 is 1. The Morgan fingerprint density at radius 1 is 1.26 bits per heavy atom. The van der Waals surface area contributed by atoms with Crippen LogP contribution in [-0.2, 0) is 6.54 Å². The molecule has 0 spiro atoms. The number of hydrogen-bond acceptors (Lipinski definition) is 2. The zero-order valence-electron chi connectivity index (χ0n) is 11.5. The second-order valence-electron chi connectivity index (χ2n) is 5.93. The van der Waals surface area contributed by atoms with Crippen molar-refractivity contribution in [3.63, 3.8) is 0 Å². The lowest BCUT2D eigenvalue weighted by Gasteiger charge is -2.17. The maximum absolute atomic E-state index is 5.29. The molecule has 0 bridgehead atoms. The normalized spacial score (nSPS) is 18.9. The van der Waals surface area contributed by atoms with Gasteiger partial charge in [0.15, 0.2) is 0 Å². The predicted octanol–water partition coefficient (Wildman–Crippen LogP) is 3.98. The van der Waals surface area contributed by atoms with E-state index in [-0.39, 0.29) is 0 Å². The summed E-state index contributed by atoms with van der Waals surface area (Å²) in [5.41, 5.74) is 1.28. The molecule has 1 aromatic carbocycles. The van der Waals surface area contributed by atoms with Crippen molar-refractivity contribution in [1.82, 2.24) is 5.32 Å². The van der Waals surface area contributed by atoms with Crippen molar-refractivity contribution >= 4 is 15.9 Å². The van der Waals surface area contributed by atoms with Gasteiger partial charge in [0, 0.05) is 11.0 Å². The second kappa shape index (κ2) is 5.84. The Balaban J connectivity index is 1.53. The molecule has 0 aromatic heterocycles. The molecule has 0 atom stereocenters. The number of halogens is 1. The summed E-state index contributed by atoms with van der Waals surface area (Å²) in [6.45, 7) is 2.10. The summed E-state index contributed by atoms with van der Waals surface area (Å²) in [4.78, 5) is 0. The van der Waals surface area contributed by atoms with Crippen LogP contribution in [0.25, 0.3) is 0 Å². The molecule has 0 radical (unpaired) electrons. The number of hydrogen-bond donors (Lipinski definition) is 1. The van der Waals surface area contributed by atoms with Crippen molar-refractivity contribution in [2.45, 2.75) is 32.2 Å². The molecule has 1 aromatic rings. The minimum Gasteiger partial charge on any atom is -0.497 e. The molecule has 2 fully saturated rings. The highest BCUT2D eigenvalue weighted by atomic mass is 79.9. The molecule has 2 aliphatic carbocycles.